The Morgan fingerprint density at radius 2 is 2.14 bits per heavy atom. The Bertz CT molecular complexity index is 1380. The van der Waals surface area contributed by atoms with Crippen LogP contribution in [-0.4, -0.2) is 42.7 Å². The zero-order valence-electron chi connectivity index (χ0n) is 18.6. The van der Waals surface area contributed by atoms with Crippen LogP contribution in [0.25, 0.3) is 23.0 Å². The second-order valence-corrected chi connectivity index (χ2v) is 8.31. The smallest absolute Gasteiger partial charge is 0.244 e. The summed E-state index contributed by atoms with van der Waals surface area (Å²) in [4.78, 5) is 20.8. The standard InChI is InChI=1S/C25H22ClN7O2/c26-18-10-11-22(33-16-28-31-32-33)17(14-18)9-12-24(34)29-20-7-2-1-5-13-35-23-8-4-3-6-19(23)21-15-27-25(20)30-21/h1-4,6,8-12,14-16,20H,5,7,13H2,(H,27,30)(H,29,34)/b2-1+,12-9+/t20-/m0/s1. The van der Waals surface area contributed by atoms with E-state index in [0.717, 1.165) is 23.4 Å². The van der Waals surface area contributed by atoms with Crippen molar-refractivity contribution >= 4 is 23.6 Å². The minimum absolute atomic E-state index is 0.264. The van der Waals surface area contributed by atoms with Gasteiger partial charge in [-0.25, -0.2) is 4.98 Å². The van der Waals surface area contributed by atoms with Crippen LogP contribution in [0, 0.1) is 0 Å². The fraction of sp³-hybridized carbons (Fsp3) is 0.160. The molecule has 2 aromatic heterocycles. The third-order valence-corrected chi connectivity index (χ3v) is 5.73. The molecule has 35 heavy (non-hydrogen) atoms. The number of hydrogen-bond acceptors (Lipinski definition) is 6. The zero-order valence-corrected chi connectivity index (χ0v) is 19.4. The topological polar surface area (TPSA) is 111 Å². The first-order valence-corrected chi connectivity index (χ1v) is 11.5. The molecule has 3 heterocycles. The van der Waals surface area contributed by atoms with Crippen LogP contribution in [0.3, 0.4) is 0 Å². The highest BCUT2D eigenvalue weighted by molar-refractivity contribution is 6.30. The molecule has 0 spiro atoms. The number of fused-ring (bicyclic) bond motifs is 4. The highest BCUT2D eigenvalue weighted by atomic mass is 35.5. The van der Waals surface area contributed by atoms with Gasteiger partial charge in [0.15, 0.2) is 0 Å². The number of nitrogens with one attached hydrogen (secondary N) is 2. The van der Waals surface area contributed by atoms with Crippen molar-refractivity contribution in [3.05, 3.63) is 89.6 Å². The van der Waals surface area contributed by atoms with Crippen molar-refractivity contribution in [2.75, 3.05) is 6.61 Å². The number of ether oxygens (including phenoxy) is 1. The van der Waals surface area contributed by atoms with Gasteiger partial charge in [0, 0.05) is 22.2 Å². The predicted octanol–water partition coefficient (Wildman–Crippen LogP) is 4.31. The van der Waals surface area contributed by atoms with Crippen LogP contribution in [-0.2, 0) is 4.79 Å². The first-order valence-electron chi connectivity index (χ1n) is 11.1. The van der Waals surface area contributed by atoms with E-state index in [1.807, 2.05) is 36.4 Å². The van der Waals surface area contributed by atoms with Gasteiger partial charge in [-0.2, -0.15) is 4.68 Å². The number of aromatic nitrogens is 6. The van der Waals surface area contributed by atoms with Crippen LogP contribution < -0.4 is 10.1 Å². The molecule has 0 saturated carbocycles. The Morgan fingerprint density at radius 3 is 3.03 bits per heavy atom. The number of hydrogen-bond donors (Lipinski definition) is 2. The van der Waals surface area contributed by atoms with Crippen molar-refractivity contribution in [2.45, 2.75) is 18.9 Å². The first kappa shape index (κ1) is 22.5. The van der Waals surface area contributed by atoms with Gasteiger partial charge >= 0.3 is 0 Å². The van der Waals surface area contributed by atoms with E-state index >= 15 is 0 Å². The lowest BCUT2D eigenvalue weighted by molar-refractivity contribution is -0.117. The Labute approximate surface area is 206 Å². The molecular formula is C25H22ClN7O2. The number of halogens is 1. The average Bonchev–Trinajstić information content (AvgIpc) is 3.57. The van der Waals surface area contributed by atoms with Gasteiger partial charge in [0.25, 0.3) is 0 Å². The summed E-state index contributed by atoms with van der Waals surface area (Å²) in [7, 11) is 0. The molecular weight excluding hydrogens is 466 g/mol. The van der Waals surface area contributed by atoms with Crippen LogP contribution in [0.5, 0.6) is 5.75 Å². The number of H-pyrrole nitrogens is 1. The maximum Gasteiger partial charge on any atom is 0.244 e. The molecule has 1 aliphatic rings. The Kier molecular flexibility index (Phi) is 6.67. The van der Waals surface area contributed by atoms with E-state index in [4.69, 9.17) is 16.3 Å². The number of carbonyl (C=O) groups is 1. The lowest BCUT2D eigenvalue weighted by Crippen LogP contribution is -2.27. The van der Waals surface area contributed by atoms with Crippen LogP contribution in [0.2, 0.25) is 5.02 Å². The van der Waals surface area contributed by atoms with Crippen molar-refractivity contribution < 1.29 is 9.53 Å². The Hall–Kier alpha value is -4.24. The van der Waals surface area contributed by atoms with E-state index in [9.17, 15) is 4.79 Å². The summed E-state index contributed by atoms with van der Waals surface area (Å²) in [6, 6.07) is 12.8. The van der Waals surface area contributed by atoms with Gasteiger partial charge in [-0.1, -0.05) is 35.9 Å². The fourth-order valence-electron chi connectivity index (χ4n) is 3.82. The molecule has 1 atom stereocenters. The predicted molar refractivity (Wildman–Crippen MR) is 132 cm³/mol. The second-order valence-electron chi connectivity index (χ2n) is 7.87. The summed E-state index contributed by atoms with van der Waals surface area (Å²) in [5, 5.41) is 14.8. The molecule has 2 bridgehead atoms. The van der Waals surface area contributed by atoms with Gasteiger partial charge in [-0.15, -0.1) is 5.10 Å². The lowest BCUT2D eigenvalue weighted by Gasteiger charge is -2.15. The molecule has 5 rings (SSSR count). The van der Waals surface area contributed by atoms with Gasteiger partial charge in [0.1, 0.15) is 17.9 Å². The van der Waals surface area contributed by atoms with Crippen molar-refractivity contribution in [3.8, 4) is 22.7 Å². The maximum absolute atomic E-state index is 12.9. The van der Waals surface area contributed by atoms with E-state index in [0.29, 0.717) is 35.1 Å². The fourth-order valence-corrected chi connectivity index (χ4v) is 4.00. The number of carbonyl (C=O) groups excluding carboxylic acids is 1. The highest BCUT2D eigenvalue weighted by Crippen LogP contribution is 2.30. The SMILES string of the molecule is O=C(/C=C/c1cc(Cl)ccc1-n1cnnn1)N[C@H]1C/C=C/CCOc2ccccc2-c2cnc1[nH]2. The molecule has 176 valence electrons. The summed E-state index contributed by atoms with van der Waals surface area (Å²) in [6.45, 7) is 0.567. The Morgan fingerprint density at radius 1 is 1.23 bits per heavy atom. The molecule has 0 saturated heterocycles. The van der Waals surface area contributed by atoms with Crippen molar-refractivity contribution in [2.24, 2.45) is 0 Å². The van der Waals surface area contributed by atoms with Gasteiger partial charge in [0.05, 0.1) is 30.2 Å². The molecule has 1 aliphatic heterocycles. The quantitative estimate of drug-likeness (QED) is 0.328. The average molecular weight is 488 g/mol. The van der Waals surface area contributed by atoms with Crippen LogP contribution in [0.1, 0.15) is 30.3 Å². The first-order chi connectivity index (χ1) is 17.2. The molecule has 0 aliphatic carbocycles. The number of aromatic amines is 1. The second kappa shape index (κ2) is 10.4. The molecule has 10 heteroatoms. The van der Waals surface area contributed by atoms with Gasteiger partial charge in [-0.3, -0.25) is 4.79 Å². The normalized spacial score (nSPS) is 16.5. The third-order valence-electron chi connectivity index (χ3n) is 5.50. The zero-order chi connectivity index (χ0) is 24.0. The monoisotopic (exact) mass is 487 g/mol. The number of nitrogens with zero attached hydrogens (tertiary/aromatic N) is 5. The number of para-hydroxylation sites is 1. The third kappa shape index (κ3) is 5.30. The van der Waals surface area contributed by atoms with Gasteiger partial charge < -0.3 is 15.0 Å². The summed E-state index contributed by atoms with van der Waals surface area (Å²) in [5.41, 5.74) is 3.17. The van der Waals surface area contributed by atoms with Crippen LogP contribution in [0.15, 0.2) is 73.2 Å². The number of imidazole rings is 1. The van der Waals surface area contributed by atoms with Crippen molar-refractivity contribution in [1.82, 2.24) is 35.5 Å². The van der Waals surface area contributed by atoms with Crippen molar-refractivity contribution in [1.29, 1.82) is 0 Å². The van der Waals surface area contributed by atoms with Crippen molar-refractivity contribution in [3.63, 3.8) is 0 Å². The molecule has 2 N–H and O–H groups in total. The van der Waals surface area contributed by atoms with Crippen LogP contribution in [0.4, 0.5) is 0 Å². The minimum Gasteiger partial charge on any atom is -0.493 e. The molecule has 0 fully saturated rings. The van der Waals surface area contributed by atoms with Gasteiger partial charge in [-0.05, 0) is 59.7 Å². The highest BCUT2D eigenvalue weighted by Gasteiger charge is 2.18. The van der Waals surface area contributed by atoms with E-state index in [1.54, 1.807) is 30.5 Å². The minimum atomic E-state index is -0.331. The molecule has 1 amide bonds. The van der Waals surface area contributed by atoms with E-state index in [-0.39, 0.29) is 11.9 Å². The molecule has 0 unspecified atom stereocenters. The summed E-state index contributed by atoms with van der Waals surface area (Å²) in [6.07, 6.45) is 11.8. The van der Waals surface area contributed by atoms with E-state index < -0.39 is 0 Å². The lowest BCUT2D eigenvalue weighted by atomic mass is 10.1. The summed E-state index contributed by atoms with van der Waals surface area (Å²) < 4.78 is 7.45. The molecule has 9 nitrogen and oxygen atoms in total. The maximum atomic E-state index is 12.9. The molecule has 2 aromatic carbocycles. The van der Waals surface area contributed by atoms with E-state index in [1.165, 1.54) is 17.1 Å². The summed E-state index contributed by atoms with van der Waals surface area (Å²) >= 11 is 6.17. The molecule has 4 aromatic rings. The van der Waals surface area contributed by atoms with Crippen LogP contribution >= 0.6 is 11.6 Å². The van der Waals surface area contributed by atoms with Gasteiger partial charge in [0.2, 0.25) is 5.91 Å². The number of tetrazole rings is 1. The number of benzene rings is 2. The summed E-state index contributed by atoms with van der Waals surface area (Å²) in [5.74, 6) is 1.19. The number of amides is 1. The Balaban J connectivity index is 1.38. The largest absolute Gasteiger partial charge is 0.493 e. The number of rotatable bonds is 4. The van der Waals surface area contributed by atoms with E-state index in [2.05, 4.69) is 30.8 Å². The molecule has 0 radical (unpaired) electrons.